The Morgan fingerprint density at radius 3 is 2.62 bits per heavy atom. The van der Waals surface area contributed by atoms with Gasteiger partial charge in [-0.05, 0) is 17.5 Å². The maximum Gasteiger partial charge on any atom is 0.425 e. The molecule has 0 aliphatic carbocycles. The van der Waals surface area contributed by atoms with E-state index >= 15 is 0 Å². The molecule has 0 spiro atoms. The van der Waals surface area contributed by atoms with Crippen molar-refractivity contribution >= 4 is 6.21 Å². The van der Waals surface area contributed by atoms with Crippen molar-refractivity contribution in [2.24, 2.45) is 5.16 Å². The van der Waals surface area contributed by atoms with Gasteiger partial charge in [0.1, 0.15) is 0 Å². The van der Waals surface area contributed by atoms with E-state index in [-0.39, 0.29) is 0 Å². The summed E-state index contributed by atoms with van der Waals surface area (Å²) in [6.45, 7) is 0.598. The lowest BCUT2D eigenvalue weighted by atomic mass is 10.1. The van der Waals surface area contributed by atoms with Gasteiger partial charge in [-0.25, -0.2) is 0 Å². The van der Waals surface area contributed by atoms with Crippen molar-refractivity contribution in [2.45, 2.75) is 19.5 Å². The van der Waals surface area contributed by atoms with Gasteiger partial charge in [0.05, 0.1) is 6.21 Å². The maximum atomic E-state index is 11.7. The van der Waals surface area contributed by atoms with Gasteiger partial charge < -0.3 is 4.84 Å². The van der Waals surface area contributed by atoms with Crippen LogP contribution in [0.25, 0.3) is 0 Å². The Bertz CT molecular complexity index is 360. The minimum absolute atomic E-state index is 0.771. The Labute approximate surface area is 91.7 Å². The molecule has 1 aromatic carbocycles. The highest BCUT2D eigenvalue weighted by Gasteiger charge is 2.28. The van der Waals surface area contributed by atoms with E-state index in [1.54, 1.807) is 12.1 Å². The predicted molar refractivity (Wildman–Crippen MR) is 55.4 cm³/mol. The van der Waals surface area contributed by atoms with E-state index in [2.05, 4.69) is 9.99 Å². The molecule has 0 saturated heterocycles. The normalized spacial score (nSPS) is 12.0. The van der Waals surface area contributed by atoms with Crippen LogP contribution in [0.5, 0.6) is 0 Å². The van der Waals surface area contributed by atoms with Crippen molar-refractivity contribution < 1.29 is 18.0 Å². The molecule has 0 radical (unpaired) electrons. The first-order chi connectivity index (χ1) is 7.53. The molecule has 0 bridgehead atoms. The van der Waals surface area contributed by atoms with Crippen LogP contribution in [0.3, 0.4) is 0 Å². The fourth-order valence-electron chi connectivity index (χ4n) is 1.19. The number of oxime groups is 1. The van der Waals surface area contributed by atoms with Gasteiger partial charge in [-0.15, -0.1) is 0 Å². The van der Waals surface area contributed by atoms with Crippen molar-refractivity contribution in [3.05, 3.63) is 35.4 Å². The van der Waals surface area contributed by atoms with Crippen LogP contribution in [0, 0.1) is 0 Å². The quantitative estimate of drug-likeness (QED) is 0.576. The SMILES string of the molecule is CCc1ccccc1C=NOCC(F)(F)F. The van der Waals surface area contributed by atoms with Gasteiger partial charge >= 0.3 is 6.18 Å². The largest absolute Gasteiger partial charge is 0.425 e. The van der Waals surface area contributed by atoms with E-state index in [4.69, 9.17) is 0 Å². The Hall–Kier alpha value is -1.52. The molecule has 0 heterocycles. The van der Waals surface area contributed by atoms with E-state index in [9.17, 15) is 13.2 Å². The van der Waals surface area contributed by atoms with Gasteiger partial charge in [0.2, 0.25) is 6.61 Å². The molecule has 0 aliphatic rings. The Kier molecular flexibility index (Phi) is 4.34. The monoisotopic (exact) mass is 231 g/mol. The third-order valence-corrected chi connectivity index (χ3v) is 1.93. The first-order valence-electron chi connectivity index (χ1n) is 4.83. The van der Waals surface area contributed by atoms with E-state index in [1.807, 2.05) is 19.1 Å². The van der Waals surface area contributed by atoms with Gasteiger partial charge in [0.15, 0.2) is 0 Å². The first-order valence-corrected chi connectivity index (χ1v) is 4.83. The summed E-state index contributed by atoms with van der Waals surface area (Å²) >= 11 is 0. The predicted octanol–water partition coefficient (Wildman–Crippen LogP) is 3.16. The summed E-state index contributed by atoms with van der Waals surface area (Å²) < 4.78 is 35.2. The smallest absolute Gasteiger partial charge is 0.386 e. The highest BCUT2D eigenvalue weighted by molar-refractivity contribution is 5.81. The summed E-state index contributed by atoms with van der Waals surface area (Å²) in [5.41, 5.74) is 1.79. The number of benzene rings is 1. The van der Waals surface area contributed by atoms with Crippen LogP contribution in [-0.2, 0) is 11.3 Å². The van der Waals surface area contributed by atoms with Crippen LogP contribution < -0.4 is 0 Å². The van der Waals surface area contributed by atoms with Crippen LogP contribution in [-0.4, -0.2) is 19.0 Å². The Morgan fingerprint density at radius 1 is 1.31 bits per heavy atom. The average Bonchev–Trinajstić information content (AvgIpc) is 2.23. The second-order valence-electron chi connectivity index (χ2n) is 3.18. The summed E-state index contributed by atoms with van der Waals surface area (Å²) in [6.07, 6.45) is -2.26. The molecule has 0 aromatic heterocycles. The minimum Gasteiger partial charge on any atom is -0.386 e. The van der Waals surface area contributed by atoms with Crippen LogP contribution in [0.4, 0.5) is 13.2 Å². The second-order valence-corrected chi connectivity index (χ2v) is 3.18. The van der Waals surface area contributed by atoms with Crippen LogP contribution in [0.15, 0.2) is 29.4 Å². The maximum absolute atomic E-state index is 11.7. The molecule has 1 rings (SSSR count). The highest BCUT2D eigenvalue weighted by Crippen LogP contribution is 2.14. The highest BCUT2D eigenvalue weighted by atomic mass is 19.4. The first kappa shape index (κ1) is 12.5. The molecule has 0 amide bonds. The van der Waals surface area contributed by atoms with E-state index < -0.39 is 12.8 Å². The molecular formula is C11H12F3NO. The Balaban J connectivity index is 2.56. The number of hydrogen-bond donors (Lipinski definition) is 0. The molecule has 5 heteroatoms. The zero-order valence-corrected chi connectivity index (χ0v) is 8.79. The topological polar surface area (TPSA) is 21.6 Å². The lowest BCUT2D eigenvalue weighted by Gasteiger charge is -2.04. The van der Waals surface area contributed by atoms with Crippen molar-refractivity contribution in [1.82, 2.24) is 0 Å². The molecule has 1 aromatic rings. The van der Waals surface area contributed by atoms with Gasteiger partial charge in [0.25, 0.3) is 0 Å². The average molecular weight is 231 g/mol. The van der Waals surface area contributed by atoms with Crippen molar-refractivity contribution in [2.75, 3.05) is 6.61 Å². The van der Waals surface area contributed by atoms with Crippen molar-refractivity contribution in [1.29, 1.82) is 0 Å². The second kappa shape index (κ2) is 5.53. The number of alkyl halides is 3. The molecule has 0 fully saturated rings. The summed E-state index contributed by atoms with van der Waals surface area (Å²) in [5, 5.41) is 3.29. The number of rotatable bonds is 4. The number of nitrogens with zero attached hydrogens (tertiary/aromatic N) is 1. The van der Waals surface area contributed by atoms with E-state index in [1.165, 1.54) is 6.21 Å². The molecule has 0 atom stereocenters. The standard InChI is InChI=1S/C11H12F3NO/c1-2-9-5-3-4-6-10(9)7-15-16-8-11(12,13)14/h3-7H,2,8H2,1H3. The van der Waals surface area contributed by atoms with Crippen LogP contribution >= 0.6 is 0 Å². The molecule has 0 unspecified atom stereocenters. The van der Waals surface area contributed by atoms with E-state index in [0.717, 1.165) is 17.5 Å². The third-order valence-electron chi connectivity index (χ3n) is 1.93. The van der Waals surface area contributed by atoms with Crippen LogP contribution in [0.2, 0.25) is 0 Å². The van der Waals surface area contributed by atoms with Gasteiger partial charge in [-0.2, -0.15) is 13.2 Å². The molecule has 2 nitrogen and oxygen atoms in total. The molecule has 16 heavy (non-hydrogen) atoms. The summed E-state index contributed by atoms with van der Waals surface area (Å²) in [4.78, 5) is 4.15. The van der Waals surface area contributed by atoms with Crippen molar-refractivity contribution in [3.8, 4) is 0 Å². The molecule has 0 saturated carbocycles. The lowest BCUT2D eigenvalue weighted by molar-refractivity contribution is -0.173. The number of aryl methyl sites for hydroxylation is 1. The lowest BCUT2D eigenvalue weighted by Crippen LogP contribution is -2.14. The third kappa shape index (κ3) is 4.33. The van der Waals surface area contributed by atoms with E-state index in [0.29, 0.717) is 0 Å². The zero-order valence-electron chi connectivity index (χ0n) is 8.79. The molecule has 88 valence electrons. The number of hydrogen-bond acceptors (Lipinski definition) is 2. The fraction of sp³-hybridized carbons (Fsp3) is 0.364. The molecule has 0 N–H and O–H groups in total. The molecule has 0 aliphatic heterocycles. The number of halogens is 3. The fourth-order valence-corrected chi connectivity index (χ4v) is 1.19. The summed E-state index contributed by atoms with van der Waals surface area (Å²) in [6, 6.07) is 7.33. The minimum atomic E-state index is -4.35. The van der Waals surface area contributed by atoms with Crippen LogP contribution in [0.1, 0.15) is 18.1 Å². The van der Waals surface area contributed by atoms with Crippen molar-refractivity contribution in [3.63, 3.8) is 0 Å². The Morgan fingerprint density at radius 2 is 2.00 bits per heavy atom. The zero-order chi connectivity index (χ0) is 12.0. The van der Waals surface area contributed by atoms with Gasteiger partial charge in [-0.1, -0.05) is 36.3 Å². The summed E-state index contributed by atoms with van der Waals surface area (Å²) in [7, 11) is 0. The summed E-state index contributed by atoms with van der Waals surface area (Å²) in [5.74, 6) is 0. The van der Waals surface area contributed by atoms with Gasteiger partial charge in [0, 0.05) is 0 Å². The van der Waals surface area contributed by atoms with Gasteiger partial charge in [-0.3, -0.25) is 0 Å². The molecular weight excluding hydrogens is 219 g/mol.